The zero-order valence-corrected chi connectivity index (χ0v) is 10.4. The number of hydrogen-bond acceptors (Lipinski definition) is 3. The monoisotopic (exact) mass is 286 g/mol. The lowest BCUT2D eigenvalue weighted by Crippen LogP contribution is -2.28. The first-order chi connectivity index (χ1) is 8.43. The molecule has 0 fully saturated rings. The van der Waals surface area contributed by atoms with Crippen LogP contribution in [0.25, 0.3) is 0 Å². The number of rotatable bonds is 1. The summed E-state index contributed by atoms with van der Waals surface area (Å²) in [6.07, 6.45) is -3.68. The van der Waals surface area contributed by atoms with E-state index in [1.165, 1.54) is 11.3 Å². The predicted molar refractivity (Wildman–Crippen MR) is 66.7 cm³/mol. The third-order valence-electron chi connectivity index (χ3n) is 2.31. The van der Waals surface area contributed by atoms with Crippen LogP contribution in [0.15, 0.2) is 34.2 Å². The van der Waals surface area contributed by atoms with Crippen LogP contribution in [-0.2, 0) is 0 Å². The average Bonchev–Trinajstić information content (AvgIpc) is 2.80. The number of nitrogens with zero attached hydrogens (tertiary/aromatic N) is 2. The molecule has 0 aliphatic carbocycles. The average molecular weight is 286 g/mol. The normalized spacial score (nSPS) is 20.1. The molecule has 2 rings (SSSR count). The number of allylic oxidation sites excluding steroid dienone is 1. The van der Waals surface area contributed by atoms with Crippen molar-refractivity contribution in [3.05, 3.63) is 34.0 Å². The molecule has 7 heteroatoms. The summed E-state index contributed by atoms with van der Waals surface area (Å²) in [5.41, 5.74) is -0.790. The molecule has 2 nitrogen and oxygen atoms in total. The Kier molecular flexibility index (Phi) is 3.32. The minimum Gasteiger partial charge on any atom is -0.239 e. The number of halogens is 3. The molecule has 1 atom stereocenters. The summed E-state index contributed by atoms with van der Waals surface area (Å²) in [4.78, 5) is 4.25. The standard InChI is InChI=1S/C11H5F3N2S2/c12-11(13,14)7-4-8(9-2-1-3-18-9)16-10(17)6(7)5-15/h1-4,6H/t6-/m0/s1. The first-order valence-corrected chi connectivity index (χ1v) is 6.07. The summed E-state index contributed by atoms with van der Waals surface area (Å²) in [5.74, 6) is -1.50. The van der Waals surface area contributed by atoms with E-state index in [2.05, 4.69) is 4.99 Å². The lowest BCUT2D eigenvalue weighted by molar-refractivity contribution is -0.0947. The Morgan fingerprint density at radius 3 is 2.67 bits per heavy atom. The third-order valence-corrected chi connectivity index (χ3v) is 3.53. The Morgan fingerprint density at radius 2 is 2.17 bits per heavy atom. The van der Waals surface area contributed by atoms with Gasteiger partial charge >= 0.3 is 6.18 Å². The van der Waals surface area contributed by atoms with Crippen LogP contribution in [0.5, 0.6) is 0 Å². The molecule has 0 unspecified atom stereocenters. The summed E-state index contributed by atoms with van der Waals surface area (Å²) >= 11 is 6.04. The fourth-order valence-corrected chi connectivity index (χ4v) is 2.46. The van der Waals surface area contributed by atoms with Crippen LogP contribution in [0.4, 0.5) is 13.2 Å². The van der Waals surface area contributed by atoms with E-state index in [1.807, 2.05) is 0 Å². The van der Waals surface area contributed by atoms with Gasteiger partial charge in [-0.25, -0.2) is 4.99 Å². The maximum absolute atomic E-state index is 12.8. The molecule has 1 aliphatic heterocycles. The van der Waals surface area contributed by atoms with Crippen LogP contribution in [0.2, 0.25) is 0 Å². The number of thiocarbonyl (C=S) groups is 1. The number of dihydropyridines is 1. The molecule has 0 bridgehead atoms. The van der Waals surface area contributed by atoms with Crippen LogP contribution in [-0.4, -0.2) is 16.9 Å². The molecule has 0 saturated carbocycles. The fraction of sp³-hybridized carbons (Fsp3) is 0.182. The topological polar surface area (TPSA) is 36.1 Å². The molecular weight excluding hydrogens is 281 g/mol. The number of alkyl halides is 3. The Balaban J connectivity index is 2.51. The molecule has 0 radical (unpaired) electrons. The summed E-state index contributed by atoms with van der Waals surface area (Å²) < 4.78 is 38.5. The van der Waals surface area contributed by atoms with E-state index in [9.17, 15) is 13.2 Å². The van der Waals surface area contributed by atoms with Crippen molar-refractivity contribution in [2.75, 3.05) is 0 Å². The van der Waals surface area contributed by atoms with Gasteiger partial charge in [0.1, 0.15) is 10.9 Å². The minimum atomic E-state index is -4.58. The predicted octanol–water partition coefficient (Wildman–Crippen LogP) is 3.51. The van der Waals surface area contributed by atoms with E-state index >= 15 is 0 Å². The lowest BCUT2D eigenvalue weighted by Gasteiger charge is -2.20. The van der Waals surface area contributed by atoms with Crippen molar-refractivity contribution < 1.29 is 13.2 Å². The maximum atomic E-state index is 12.8. The van der Waals surface area contributed by atoms with Crippen molar-refractivity contribution in [3.8, 4) is 6.07 Å². The lowest BCUT2D eigenvalue weighted by atomic mass is 9.95. The molecule has 1 aliphatic rings. The summed E-state index contributed by atoms with van der Waals surface area (Å²) in [7, 11) is 0. The van der Waals surface area contributed by atoms with Crippen LogP contribution >= 0.6 is 23.6 Å². The number of nitriles is 1. The molecular formula is C11H5F3N2S2. The molecule has 1 aromatic rings. The van der Waals surface area contributed by atoms with Gasteiger partial charge in [0.25, 0.3) is 0 Å². The molecule has 0 spiro atoms. The fourth-order valence-electron chi connectivity index (χ4n) is 1.50. The SMILES string of the molecule is N#C[C@@H]1C(=S)N=C(c2cccs2)C=C1C(F)(F)F. The largest absolute Gasteiger partial charge is 0.414 e. The second-order valence-electron chi connectivity index (χ2n) is 3.47. The van der Waals surface area contributed by atoms with Gasteiger partial charge in [-0.1, -0.05) is 18.3 Å². The molecule has 2 heterocycles. The molecule has 1 aromatic heterocycles. The zero-order chi connectivity index (χ0) is 13.3. The molecule has 18 heavy (non-hydrogen) atoms. The van der Waals surface area contributed by atoms with Crippen molar-refractivity contribution in [1.29, 1.82) is 5.26 Å². The molecule has 0 aromatic carbocycles. The molecule has 92 valence electrons. The van der Waals surface area contributed by atoms with Gasteiger partial charge in [0, 0.05) is 0 Å². The molecule has 0 amide bonds. The van der Waals surface area contributed by atoms with Gasteiger partial charge in [0.15, 0.2) is 0 Å². The number of aliphatic imine (C=N–C) groups is 1. The smallest absolute Gasteiger partial charge is 0.239 e. The van der Waals surface area contributed by atoms with Crippen molar-refractivity contribution in [3.63, 3.8) is 0 Å². The van der Waals surface area contributed by atoms with E-state index in [1.54, 1.807) is 23.6 Å². The van der Waals surface area contributed by atoms with Crippen molar-refractivity contribution in [2.24, 2.45) is 10.9 Å². The zero-order valence-electron chi connectivity index (χ0n) is 8.73. The number of thiophene rings is 1. The maximum Gasteiger partial charge on any atom is 0.414 e. The minimum absolute atomic E-state index is 0.161. The van der Waals surface area contributed by atoms with E-state index in [-0.39, 0.29) is 10.7 Å². The molecule has 0 saturated heterocycles. The quantitative estimate of drug-likeness (QED) is 0.741. The summed E-state index contributed by atoms with van der Waals surface area (Å²) in [5, 5.41) is 10.5. The van der Waals surface area contributed by atoms with Crippen LogP contribution < -0.4 is 0 Å². The van der Waals surface area contributed by atoms with Crippen molar-refractivity contribution >= 4 is 34.3 Å². The van der Waals surface area contributed by atoms with Gasteiger partial charge in [0.2, 0.25) is 0 Å². The number of hydrogen-bond donors (Lipinski definition) is 0. The van der Waals surface area contributed by atoms with Crippen molar-refractivity contribution in [2.45, 2.75) is 6.18 Å². The van der Waals surface area contributed by atoms with Gasteiger partial charge in [0.05, 0.1) is 22.2 Å². The Morgan fingerprint density at radius 1 is 1.44 bits per heavy atom. The van der Waals surface area contributed by atoms with Crippen LogP contribution in [0.3, 0.4) is 0 Å². The van der Waals surface area contributed by atoms with Gasteiger partial charge in [-0.2, -0.15) is 18.4 Å². The van der Waals surface area contributed by atoms with Gasteiger partial charge in [-0.15, -0.1) is 11.3 Å². The highest BCUT2D eigenvalue weighted by atomic mass is 32.1. The van der Waals surface area contributed by atoms with E-state index < -0.39 is 17.7 Å². The van der Waals surface area contributed by atoms with E-state index in [0.29, 0.717) is 4.88 Å². The first kappa shape index (κ1) is 12.9. The third kappa shape index (κ3) is 2.35. The van der Waals surface area contributed by atoms with Gasteiger partial charge in [-0.05, 0) is 17.5 Å². The van der Waals surface area contributed by atoms with Crippen LogP contribution in [0, 0.1) is 17.2 Å². The summed E-state index contributed by atoms with van der Waals surface area (Å²) in [6.45, 7) is 0. The van der Waals surface area contributed by atoms with Gasteiger partial charge < -0.3 is 0 Å². The first-order valence-electron chi connectivity index (χ1n) is 4.78. The Bertz CT molecular complexity index is 576. The Labute approximate surface area is 110 Å². The second kappa shape index (κ2) is 4.63. The Hall–Kier alpha value is -1.52. The van der Waals surface area contributed by atoms with Crippen LogP contribution in [0.1, 0.15) is 4.88 Å². The summed E-state index contributed by atoms with van der Waals surface area (Å²) in [6, 6.07) is 4.91. The second-order valence-corrected chi connectivity index (χ2v) is 4.84. The molecule has 0 N–H and O–H groups in total. The van der Waals surface area contributed by atoms with Gasteiger partial charge in [-0.3, -0.25) is 0 Å². The highest BCUT2D eigenvalue weighted by Crippen LogP contribution is 2.35. The van der Waals surface area contributed by atoms with Crippen molar-refractivity contribution in [1.82, 2.24) is 0 Å². The highest BCUT2D eigenvalue weighted by molar-refractivity contribution is 7.80. The van der Waals surface area contributed by atoms with E-state index in [4.69, 9.17) is 17.5 Å². The van der Waals surface area contributed by atoms with E-state index in [0.717, 1.165) is 6.08 Å². The highest BCUT2D eigenvalue weighted by Gasteiger charge is 2.42.